The Morgan fingerprint density at radius 1 is 1.44 bits per heavy atom. The van der Waals surface area contributed by atoms with Crippen molar-refractivity contribution in [1.29, 1.82) is 0 Å². The number of anilines is 1. The van der Waals surface area contributed by atoms with Gasteiger partial charge in [0.2, 0.25) is 0 Å². The van der Waals surface area contributed by atoms with E-state index in [0.29, 0.717) is 17.3 Å². The van der Waals surface area contributed by atoms with Gasteiger partial charge in [-0.15, -0.1) is 0 Å². The number of aliphatic hydroxyl groups is 1. The number of nitrogens with two attached hydrogens (primary N) is 1. The first kappa shape index (κ1) is 10.0. The summed E-state index contributed by atoms with van der Waals surface area (Å²) in [7, 11) is 0. The van der Waals surface area contributed by atoms with Crippen molar-refractivity contribution >= 4 is 17.0 Å². The van der Waals surface area contributed by atoms with Crippen molar-refractivity contribution in [3.8, 4) is 0 Å². The van der Waals surface area contributed by atoms with Crippen LogP contribution >= 0.6 is 0 Å². The molecule has 6 nitrogen and oxygen atoms in total. The van der Waals surface area contributed by atoms with Gasteiger partial charge in [0.05, 0.1) is 19.0 Å². The van der Waals surface area contributed by atoms with E-state index in [4.69, 9.17) is 5.73 Å². The summed E-state index contributed by atoms with van der Waals surface area (Å²) in [6.07, 6.45) is 8.50. The minimum Gasteiger partial charge on any atom is -0.395 e. The summed E-state index contributed by atoms with van der Waals surface area (Å²) in [5.41, 5.74) is 7.19. The Kier molecular flexibility index (Phi) is 1.71. The molecule has 1 saturated carbocycles. The van der Waals surface area contributed by atoms with Gasteiger partial charge < -0.3 is 15.4 Å². The highest BCUT2D eigenvalue weighted by Crippen LogP contribution is 2.63. The maximum Gasteiger partial charge on any atom is 0.165 e. The molecule has 3 atom stereocenters. The molecule has 0 aliphatic heterocycles. The van der Waals surface area contributed by atoms with E-state index in [2.05, 4.69) is 27.1 Å². The van der Waals surface area contributed by atoms with E-state index in [9.17, 15) is 5.11 Å². The van der Waals surface area contributed by atoms with Crippen LogP contribution in [0.25, 0.3) is 11.2 Å². The first-order chi connectivity index (χ1) is 8.75. The van der Waals surface area contributed by atoms with Crippen LogP contribution in [0.15, 0.2) is 24.8 Å². The van der Waals surface area contributed by atoms with E-state index in [0.717, 1.165) is 12.1 Å². The number of fused-ring (bicyclic) bond motifs is 2. The number of nitrogens with zero attached hydrogens (tertiary/aromatic N) is 4. The van der Waals surface area contributed by atoms with E-state index in [-0.39, 0.29) is 18.1 Å². The number of aliphatic hydroxyl groups excluding tert-OH is 1. The van der Waals surface area contributed by atoms with Crippen molar-refractivity contribution < 1.29 is 5.11 Å². The number of hydrogen-bond acceptors (Lipinski definition) is 5. The molecule has 0 amide bonds. The van der Waals surface area contributed by atoms with Gasteiger partial charge in [-0.05, 0) is 12.3 Å². The van der Waals surface area contributed by atoms with Crippen LogP contribution in [0.3, 0.4) is 0 Å². The van der Waals surface area contributed by atoms with Crippen molar-refractivity contribution in [2.24, 2.45) is 11.3 Å². The van der Waals surface area contributed by atoms with Gasteiger partial charge in [0, 0.05) is 5.41 Å². The molecule has 0 saturated heterocycles. The summed E-state index contributed by atoms with van der Waals surface area (Å²) >= 11 is 0. The number of hydrogen-bond donors (Lipinski definition) is 2. The monoisotopic (exact) mass is 243 g/mol. The van der Waals surface area contributed by atoms with E-state index in [1.807, 2.05) is 4.57 Å². The number of allylic oxidation sites excluding steroid dienone is 1. The van der Waals surface area contributed by atoms with E-state index in [1.165, 1.54) is 6.33 Å². The predicted octanol–water partition coefficient (Wildman–Crippen LogP) is 0.518. The predicted molar refractivity (Wildman–Crippen MR) is 65.5 cm³/mol. The van der Waals surface area contributed by atoms with Gasteiger partial charge in [-0.2, -0.15) is 0 Å². The summed E-state index contributed by atoms with van der Waals surface area (Å²) in [5.74, 6) is 0.862. The summed E-state index contributed by atoms with van der Waals surface area (Å²) in [4.78, 5) is 12.5. The molecule has 4 rings (SSSR count). The molecule has 3 N–H and O–H groups in total. The molecule has 0 aromatic carbocycles. The summed E-state index contributed by atoms with van der Waals surface area (Å²) in [5, 5.41) is 9.42. The Bertz CT molecular complexity index is 664. The zero-order valence-electron chi connectivity index (χ0n) is 9.69. The van der Waals surface area contributed by atoms with Crippen LogP contribution in [0.5, 0.6) is 0 Å². The Morgan fingerprint density at radius 3 is 3.06 bits per heavy atom. The first-order valence-corrected chi connectivity index (χ1v) is 5.98. The Labute approximate surface area is 103 Å². The van der Waals surface area contributed by atoms with Crippen LogP contribution in [0.4, 0.5) is 5.82 Å². The van der Waals surface area contributed by atoms with Crippen LogP contribution in [-0.4, -0.2) is 31.2 Å². The smallest absolute Gasteiger partial charge is 0.165 e. The van der Waals surface area contributed by atoms with Crippen molar-refractivity contribution in [3.63, 3.8) is 0 Å². The van der Waals surface area contributed by atoms with Crippen LogP contribution in [-0.2, 0) is 0 Å². The van der Waals surface area contributed by atoms with Crippen molar-refractivity contribution in [3.05, 3.63) is 24.8 Å². The molecule has 2 aliphatic carbocycles. The molecule has 2 aromatic heterocycles. The lowest BCUT2D eigenvalue weighted by atomic mass is 10.1. The SMILES string of the molecule is Nc1ncnc2c1ncn2[C@H]1C=C[C@]2(CO)C[C@H]12. The standard InChI is InChI=1S/C12H13N5O/c13-10-9-11(15-5-14-10)17(6-16-9)8-1-2-12(4-18)3-7(8)12/h1-2,5-8,18H,3-4H2,(H2,13,14,15)/t7-,8+,12-/m1/s1. The minimum atomic E-state index is -0.000164. The number of imidazole rings is 1. The average Bonchev–Trinajstić information content (AvgIpc) is 2.78. The van der Waals surface area contributed by atoms with E-state index >= 15 is 0 Å². The summed E-state index contributed by atoms with van der Waals surface area (Å²) in [6, 6.07) is 0.219. The second-order valence-corrected chi connectivity index (χ2v) is 5.13. The molecular weight excluding hydrogens is 230 g/mol. The van der Waals surface area contributed by atoms with E-state index in [1.54, 1.807) is 6.33 Å². The average molecular weight is 243 g/mol. The Balaban J connectivity index is 1.81. The highest BCUT2D eigenvalue weighted by Gasteiger charge is 2.59. The molecule has 0 radical (unpaired) electrons. The number of aromatic nitrogens is 4. The molecule has 0 unspecified atom stereocenters. The van der Waals surface area contributed by atoms with Crippen molar-refractivity contribution in [2.45, 2.75) is 12.5 Å². The van der Waals surface area contributed by atoms with Gasteiger partial charge >= 0.3 is 0 Å². The van der Waals surface area contributed by atoms with Crippen molar-refractivity contribution in [1.82, 2.24) is 19.5 Å². The first-order valence-electron chi connectivity index (χ1n) is 5.98. The molecule has 18 heavy (non-hydrogen) atoms. The molecule has 2 aromatic rings. The second-order valence-electron chi connectivity index (χ2n) is 5.13. The maximum atomic E-state index is 9.42. The molecular formula is C12H13N5O. The number of nitrogen functional groups attached to an aromatic ring is 1. The molecule has 92 valence electrons. The van der Waals surface area contributed by atoms with E-state index < -0.39 is 0 Å². The van der Waals surface area contributed by atoms with Gasteiger partial charge in [0.1, 0.15) is 11.8 Å². The lowest BCUT2D eigenvalue weighted by Crippen LogP contribution is -2.10. The number of rotatable bonds is 2. The van der Waals surface area contributed by atoms with Crippen LogP contribution < -0.4 is 5.73 Å². The normalized spacial score (nSPS) is 32.9. The Hall–Kier alpha value is -1.95. The molecule has 1 fully saturated rings. The van der Waals surface area contributed by atoms with Gasteiger partial charge in [-0.1, -0.05) is 12.2 Å². The largest absolute Gasteiger partial charge is 0.395 e. The lowest BCUT2D eigenvalue weighted by Gasteiger charge is -2.12. The molecule has 2 heterocycles. The second kappa shape index (κ2) is 3.08. The minimum absolute atomic E-state index is 0.000164. The highest BCUT2D eigenvalue weighted by molar-refractivity contribution is 5.81. The highest BCUT2D eigenvalue weighted by atomic mass is 16.3. The zero-order valence-corrected chi connectivity index (χ0v) is 9.69. The van der Waals surface area contributed by atoms with Crippen LogP contribution in [0.2, 0.25) is 0 Å². The maximum absolute atomic E-state index is 9.42. The van der Waals surface area contributed by atoms with Gasteiger partial charge in [-0.3, -0.25) is 0 Å². The van der Waals surface area contributed by atoms with Gasteiger partial charge in [0.15, 0.2) is 11.5 Å². The van der Waals surface area contributed by atoms with Gasteiger partial charge in [0.25, 0.3) is 0 Å². The van der Waals surface area contributed by atoms with Crippen LogP contribution in [0.1, 0.15) is 12.5 Å². The molecule has 0 bridgehead atoms. The lowest BCUT2D eigenvalue weighted by molar-refractivity contribution is 0.230. The molecule has 0 spiro atoms. The molecule has 2 aliphatic rings. The molecule has 6 heteroatoms. The third-order valence-corrected chi connectivity index (χ3v) is 4.22. The fourth-order valence-electron chi connectivity index (χ4n) is 3.04. The van der Waals surface area contributed by atoms with Crippen LogP contribution in [0, 0.1) is 11.3 Å². The third kappa shape index (κ3) is 1.08. The fourth-order valence-corrected chi connectivity index (χ4v) is 3.04. The zero-order chi connectivity index (χ0) is 12.3. The third-order valence-electron chi connectivity index (χ3n) is 4.22. The quantitative estimate of drug-likeness (QED) is 0.750. The Morgan fingerprint density at radius 2 is 2.33 bits per heavy atom. The topological polar surface area (TPSA) is 89.9 Å². The van der Waals surface area contributed by atoms with Crippen molar-refractivity contribution in [2.75, 3.05) is 12.3 Å². The van der Waals surface area contributed by atoms with Gasteiger partial charge in [-0.25, -0.2) is 15.0 Å². The summed E-state index contributed by atoms with van der Waals surface area (Å²) in [6.45, 7) is 0.217. The fraction of sp³-hybridized carbons (Fsp3) is 0.417. The summed E-state index contributed by atoms with van der Waals surface area (Å²) < 4.78 is 2.03.